The number of aromatic nitrogens is 2. The Morgan fingerprint density at radius 1 is 1.27 bits per heavy atom. The first-order valence-electron chi connectivity index (χ1n) is 5.26. The molecule has 0 aliphatic heterocycles. The lowest BCUT2D eigenvalue weighted by atomic mass is 9.88. The summed E-state index contributed by atoms with van der Waals surface area (Å²) in [6.45, 7) is 7.82. The van der Waals surface area contributed by atoms with E-state index >= 15 is 0 Å². The summed E-state index contributed by atoms with van der Waals surface area (Å²) in [6.07, 6.45) is 2.81. The summed E-state index contributed by atoms with van der Waals surface area (Å²) in [5.74, 6) is 0.211. The van der Waals surface area contributed by atoms with E-state index in [0.29, 0.717) is 6.42 Å². The van der Waals surface area contributed by atoms with Crippen molar-refractivity contribution in [2.24, 2.45) is 5.41 Å². The minimum Gasteiger partial charge on any atom is -0.299 e. The second-order valence-corrected chi connectivity index (χ2v) is 4.70. The van der Waals surface area contributed by atoms with Crippen molar-refractivity contribution in [2.45, 2.75) is 40.5 Å². The summed E-state index contributed by atoms with van der Waals surface area (Å²) in [5, 5.41) is 0. The van der Waals surface area contributed by atoms with Crippen LogP contribution in [0.25, 0.3) is 0 Å². The second-order valence-electron chi connectivity index (χ2n) is 4.70. The Bertz CT molecular complexity index is 353. The maximum atomic E-state index is 11.8. The summed E-state index contributed by atoms with van der Waals surface area (Å²) >= 11 is 0. The molecule has 1 heterocycles. The maximum Gasteiger partial charge on any atom is 0.144 e. The van der Waals surface area contributed by atoms with Crippen LogP contribution < -0.4 is 0 Å². The van der Waals surface area contributed by atoms with Gasteiger partial charge in [-0.1, -0.05) is 27.7 Å². The van der Waals surface area contributed by atoms with E-state index in [1.807, 2.05) is 33.8 Å². The van der Waals surface area contributed by atoms with Crippen molar-refractivity contribution < 1.29 is 4.79 Å². The highest BCUT2D eigenvalue weighted by atomic mass is 16.1. The Labute approximate surface area is 91.0 Å². The molecular formula is C12H18N2O. The second kappa shape index (κ2) is 4.51. The predicted molar refractivity (Wildman–Crippen MR) is 59.6 cm³/mol. The molecule has 0 aromatic carbocycles. The van der Waals surface area contributed by atoms with E-state index in [9.17, 15) is 4.79 Å². The van der Waals surface area contributed by atoms with Gasteiger partial charge in [-0.3, -0.25) is 4.79 Å². The lowest BCUT2D eigenvalue weighted by Gasteiger charge is -2.15. The first kappa shape index (κ1) is 11.8. The highest BCUT2D eigenvalue weighted by Crippen LogP contribution is 2.17. The van der Waals surface area contributed by atoms with Crippen LogP contribution in [0.1, 0.15) is 39.1 Å². The molecule has 0 fully saturated rings. The van der Waals surface area contributed by atoms with Gasteiger partial charge in [0.15, 0.2) is 0 Å². The van der Waals surface area contributed by atoms with E-state index < -0.39 is 0 Å². The first-order chi connectivity index (χ1) is 6.93. The Balaban J connectivity index is 2.77. The first-order valence-corrected chi connectivity index (χ1v) is 5.26. The van der Waals surface area contributed by atoms with E-state index in [0.717, 1.165) is 17.8 Å². The fraction of sp³-hybridized carbons (Fsp3) is 0.583. The molecule has 0 saturated carbocycles. The lowest BCUT2D eigenvalue weighted by Crippen LogP contribution is -2.22. The van der Waals surface area contributed by atoms with Crippen LogP contribution in [0.2, 0.25) is 0 Å². The standard InChI is InChI=1S/C12H18N2O/c1-5-9-6-10(14-8-13-9)7-11(15)12(2,3)4/h6,8H,5,7H2,1-4H3. The van der Waals surface area contributed by atoms with Gasteiger partial charge >= 0.3 is 0 Å². The van der Waals surface area contributed by atoms with Crippen molar-refractivity contribution >= 4 is 5.78 Å². The fourth-order valence-electron chi connectivity index (χ4n) is 1.16. The van der Waals surface area contributed by atoms with Crippen molar-refractivity contribution in [1.29, 1.82) is 0 Å². The van der Waals surface area contributed by atoms with Gasteiger partial charge in [0, 0.05) is 17.5 Å². The molecule has 82 valence electrons. The lowest BCUT2D eigenvalue weighted by molar-refractivity contribution is -0.125. The SMILES string of the molecule is CCc1cc(CC(=O)C(C)(C)C)ncn1. The normalized spacial score (nSPS) is 11.5. The number of ketones is 1. The van der Waals surface area contributed by atoms with E-state index in [1.165, 1.54) is 6.33 Å². The van der Waals surface area contributed by atoms with Gasteiger partial charge in [0.2, 0.25) is 0 Å². The average Bonchev–Trinajstić information content (AvgIpc) is 2.16. The van der Waals surface area contributed by atoms with Gasteiger partial charge in [-0.25, -0.2) is 9.97 Å². The highest BCUT2D eigenvalue weighted by Gasteiger charge is 2.21. The minimum absolute atomic E-state index is 0.211. The largest absolute Gasteiger partial charge is 0.299 e. The zero-order valence-electron chi connectivity index (χ0n) is 9.87. The summed E-state index contributed by atoms with van der Waals surface area (Å²) in [5.41, 5.74) is 1.51. The number of hydrogen-bond donors (Lipinski definition) is 0. The third-order valence-corrected chi connectivity index (χ3v) is 2.32. The molecule has 0 amide bonds. The third kappa shape index (κ3) is 3.42. The Hall–Kier alpha value is -1.25. The van der Waals surface area contributed by atoms with Gasteiger partial charge < -0.3 is 0 Å². The zero-order chi connectivity index (χ0) is 11.5. The topological polar surface area (TPSA) is 42.9 Å². The molecule has 0 aliphatic rings. The third-order valence-electron chi connectivity index (χ3n) is 2.32. The molecule has 0 unspecified atom stereocenters. The van der Waals surface area contributed by atoms with Gasteiger partial charge in [0.05, 0.1) is 5.69 Å². The van der Waals surface area contributed by atoms with Crippen molar-refractivity contribution in [3.05, 3.63) is 23.8 Å². The number of carbonyl (C=O) groups excluding carboxylic acids is 1. The summed E-state index contributed by atoms with van der Waals surface area (Å²) in [4.78, 5) is 20.0. The Morgan fingerprint density at radius 2 is 1.87 bits per heavy atom. The van der Waals surface area contributed by atoms with Crippen molar-refractivity contribution in [3.63, 3.8) is 0 Å². The van der Waals surface area contributed by atoms with Crippen molar-refractivity contribution in [3.8, 4) is 0 Å². The number of hydrogen-bond acceptors (Lipinski definition) is 3. The maximum absolute atomic E-state index is 11.8. The molecule has 0 bridgehead atoms. The quantitative estimate of drug-likeness (QED) is 0.761. The summed E-state index contributed by atoms with van der Waals surface area (Å²) in [6, 6.07) is 1.91. The molecule has 0 atom stereocenters. The van der Waals surface area contributed by atoms with Crippen LogP contribution in [-0.2, 0) is 17.6 Å². The molecule has 1 rings (SSSR count). The van der Waals surface area contributed by atoms with E-state index in [2.05, 4.69) is 9.97 Å². The molecule has 3 heteroatoms. The monoisotopic (exact) mass is 206 g/mol. The molecular weight excluding hydrogens is 188 g/mol. The number of nitrogens with zero attached hydrogens (tertiary/aromatic N) is 2. The molecule has 1 aromatic rings. The van der Waals surface area contributed by atoms with Gasteiger partial charge in [0.25, 0.3) is 0 Å². The number of aryl methyl sites for hydroxylation is 1. The van der Waals surface area contributed by atoms with Crippen LogP contribution >= 0.6 is 0 Å². The van der Waals surface area contributed by atoms with Crippen LogP contribution in [0.15, 0.2) is 12.4 Å². The molecule has 0 radical (unpaired) electrons. The molecule has 0 N–H and O–H groups in total. The molecule has 0 spiro atoms. The van der Waals surface area contributed by atoms with Gasteiger partial charge in [0.1, 0.15) is 12.1 Å². The van der Waals surface area contributed by atoms with Crippen LogP contribution in [-0.4, -0.2) is 15.8 Å². The predicted octanol–water partition coefficient (Wildman–Crippen LogP) is 2.20. The number of rotatable bonds is 3. The van der Waals surface area contributed by atoms with E-state index in [1.54, 1.807) is 0 Å². The fourth-order valence-corrected chi connectivity index (χ4v) is 1.16. The van der Waals surface area contributed by atoms with Gasteiger partial charge in [-0.05, 0) is 12.5 Å². The molecule has 0 aliphatic carbocycles. The van der Waals surface area contributed by atoms with Gasteiger partial charge in [-0.2, -0.15) is 0 Å². The zero-order valence-corrected chi connectivity index (χ0v) is 9.87. The van der Waals surface area contributed by atoms with Crippen molar-refractivity contribution in [1.82, 2.24) is 9.97 Å². The van der Waals surface area contributed by atoms with Crippen LogP contribution in [0.4, 0.5) is 0 Å². The average molecular weight is 206 g/mol. The van der Waals surface area contributed by atoms with Gasteiger partial charge in [-0.15, -0.1) is 0 Å². The Kier molecular flexibility index (Phi) is 3.56. The molecule has 1 aromatic heterocycles. The van der Waals surface area contributed by atoms with E-state index in [-0.39, 0.29) is 11.2 Å². The summed E-state index contributed by atoms with van der Waals surface area (Å²) in [7, 11) is 0. The Morgan fingerprint density at radius 3 is 2.40 bits per heavy atom. The minimum atomic E-state index is -0.294. The highest BCUT2D eigenvalue weighted by molar-refractivity contribution is 5.85. The van der Waals surface area contributed by atoms with Crippen LogP contribution in [0.3, 0.4) is 0 Å². The number of Topliss-reactive ketones (excluding diaryl/α,β-unsaturated/α-hetero) is 1. The number of carbonyl (C=O) groups is 1. The molecule has 0 saturated heterocycles. The molecule has 15 heavy (non-hydrogen) atoms. The van der Waals surface area contributed by atoms with Crippen molar-refractivity contribution in [2.75, 3.05) is 0 Å². The van der Waals surface area contributed by atoms with Crippen LogP contribution in [0.5, 0.6) is 0 Å². The van der Waals surface area contributed by atoms with Crippen LogP contribution in [0, 0.1) is 5.41 Å². The van der Waals surface area contributed by atoms with E-state index in [4.69, 9.17) is 0 Å². The smallest absolute Gasteiger partial charge is 0.144 e. The summed E-state index contributed by atoms with van der Waals surface area (Å²) < 4.78 is 0. The molecule has 3 nitrogen and oxygen atoms in total.